The number of nitrogens with zero attached hydrogens (tertiary/aromatic N) is 1. The lowest BCUT2D eigenvalue weighted by Crippen LogP contribution is -2.47. The summed E-state index contributed by atoms with van der Waals surface area (Å²) in [5.74, 6) is 0. The number of urea groups is 1. The zero-order chi connectivity index (χ0) is 15.8. The van der Waals surface area contributed by atoms with Gasteiger partial charge in [0, 0.05) is 52.7 Å². The van der Waals surface area contributed by atoms with Crippen LogP contribution in [0.1, 0.15) is 43.4 Å². The second-order valence-electron chi connectivity index (χ2n) is 6.73. The van der Waals surface area contributed by atoms with Crippen molar-refractivity contribution in [3.05, 3.63) is 34.5 Å². The van der Waals surface area contributed by atoms with Crippen LogP contribution in [0.4, 0.5) is 4.79 Å². The lowest BCUT2D eigenvalue weighted by atomic mass is 9.95. The molecule has 23 heavy (non-hydrogen) atoms. The number of aromatic nitrogens is 1. The highest BCUT2D eigenvalue weighted by Crippen LogP contribution is 2.29. The zero-order valence-corrected chi connectivity index (χ0v) is 14.0. The van der Waals surface area contributed by atoms with Crippen molar-refractivity contribution < 1.29 is 4.79 Å². The van der Waals surface area contributed by atoms with Gasteiger partial charge in [0.05, 0.1) is 0 Å². The first-order valence-electron chi connectivity index (χ1n) is 8.55. The summed E-state index contributed by atoms with van der Waals surface area (Å²) in [4.78, 5) is 18.0. The number of aromatic amines is 1. The fourth-order valence-corrected chi connectivity index (χ4v) is 4.05. The van der Waals surface area contributed by atoms with Crippen LogP contribution in [0.5, 0.6) is 0 Å². The molecule has 2 aromatic rings. The van der Waals surface area contributed by atoms with Crippen LogP contribution in [-0.2, 0) is 13.0 Å². The second kappa shape index (κ2) is 6.08. The lowest BCUT2D eigenvalue weighted by molar-refractivity contribution is 0.185. The van der Waals surface area contributed by atoms with Crippen LogP contribution in [0.3, 0.4) is 0 Å². The van der Waals surface area contributed by atoms with E-state index in [0.29, 0.717) is 12.6 Å². The Hall–Kier alpha value is -1.68. The van der Waals surface area contributed by atoms with Gasteiger partial charge in [0.25, 0.3) is 0 Å². The molecule has 1 aliphatic heterocycles. The SMILES string of the molecule is O=C(NC1CCCCC1)N1CCc2[nH]c3cc(Cl)ccc3c2C1. The highest BCUT2D eigenvalue weighted by molar-refractivity contribution is 6.31. The molecule has 1 fully saturated rings. The summed E-state index contributed by atoms with van der Waals surface area (Å²) in [7, 11) is 0. The van der Waals surface area contributed by atoms with Gasteiger partial charge in [0.2, 0.25) is 0 Å². The summed E-state index contributed by atoms with van der Waals surface area (Å²) in [6.07, 6.45) is 6.89. The minimum absolute atomic E-state index is 0.0888. The standard InChI is InChI=1S/C18H22ClN3O/c19-12-6-7-14-15-11-22(9-8-16(15)21-17(14)10-12)18(23)20-13-4-2-1-3-5-13/h6-7,10,13,21H,1-5,8-9,11H2,(H,20,23). The molecule has 0 spiro atoms. The van der Waals surface area contributed by atoms with Crippen LogP contribution in [0.25, 0.3) is 10.9 Å². The number of hydrogen-bond donors (Lipinski definition) is 2. The topological polar surface area (TPSA) is 48.1 Å². The summed E-state index contributed by atoms with van der Waals surface area (Å²) < 4.78 is 0. The minimum atomic E-state index is 0.0888. The molecule has 2 aliphatic rings. The molecule has 0 saturated heterocycles. The van der Waals surface area contributed by atoms with Crippen molar-refractivity contribution >= 4 is 28.5 Å². The summed E-state index contributed by atoms with van der Waals surface area (Å²) in [6, 6.07) is 6.38. The van der Waals surface area contributed by atoms with Gasteiger partial charge < -0.3 is 15.2 Å². The Kier molecular flexibility index (Phi) is 3.93. The van der Waals surface area contributed by atoms with Crippen molar-refractivity contribution in [2.24, 2.45) is 0 Å². The van der Waals surface area contributed by atoms with Crippen LogP contribution in [0.2, 0.25) is 5.02 Å². The number of fused-ring (bicyclic) bond motifs is 3. The predicted molar refractivity (Wildman–Crippen MR) is 92.8 cm³/mol. The van der Waals surface area contributed by atoms with E-state index >= 15 is 0 Å². The van der Waals surface area contributed by atoms with Crippen LogP contribution in [0.15, 0.2) is 18.2 Å². The van der Waals surface area contributed by atoms with Gasteiger partial charge in [-0.15, -0.1) is 0 Å². The van der Waals surface area contributed by atoms with Crippen molar-refractivity contribution in [1.82, 2.24) is 15.2 Å². The van der Waals surface area contributed by atoms with E-state index in [2.05, 4.69) is 16.4 Å². The molecule has 1 aliphatic carbocycles. The Balaban J connectivity index is 1.51. The van der Waals surface area contributed by atoms with E-state index < -0.39 is 0 Å². The zero-order valence-electron chi connectivity index (χ0n) is 13.2. The number of rotatable bonds is 1. The average Bonchev–Trinajstić information content (AvgIpc) is 2.92. The molecule has 122 valence electrons. The van der Waals surface area contributed by atoms with Crippen LogP contribution in [-0.4, -0.2) is 28.5 Å². The predicted octanol–water partition coefficient (Wildman–Crippen LogP) is 4.22. The number of halogens is 1. The van der Waals surface area contributed by atoms with E-state index in [1.165, 1.54) is 35.9 Å². The van der Waals surface area contributed by atoms with Crippen molar-refractivity contribution in [1.29, 1.82) is 0 Å². The lowest BCUT2D eigenvalue weighted by Gasteiger charge is -2.31. The van der Waals surface area contributed by atoms with Crippen LogP contribution < -0.4 is 5.32 Å². The van der Waals surface area contributed by atoms with E-state index in [9.17, 15) is 4.79 Å². The second-order valence-corrected chi connectivity index (χ2v) is 7.16. The highest BCUT2D eigenvalue weighted by Gasteiger charge is 2.25. The van der Waals surface area contributed by atoms with Crippen molar-refractivity contribution in [3.63, 3.8) is 0 Å². The smallest absolute Gasteiger partial charge is 0.317 e. The number of hydrogen-bond acceptors (Lipinski definition) is 1. The molecule has 2 amide bonds. The van der Waals surface area contributed by atoms with Crippen LogP contribution >= 0.6 is 11.6 Å². The summed E-state index contributed by atoms with van der Waals surface area (Å²) in [5.41, 5.74) is 3.54. The normalized spacial score (nSPS) is 18.9. The first kappa shape index (κ1) is 14.9. The number of H-pyrrole nitrogens is 1. The van der Waals surface area contributed by atoms with Gasteiger partial charge >= 0.3 is 6.03 Å². The van der Waals surface area contributed by atoms with Gasteiger partial charge in [0.15, 0.2) is 0 Å². The maximum Gasteiger partial charge on any atom is 0.317 e. The quantitative estimate of drug-likeness (QED) is 0.807. The van der Waals surface area contributed by atoms with Crippen molar-refractivity contribution in [2.75, 3.05) is 6.54 Å². The average molecular weight is 332 g/mol. The third-order valence-electron chi connectivity index (χ3n) is 5.16. The number of nitrogens with one attached hydrogen (secondary N) is 2. The first-order valence-corrected chi connectivity index (χ1v) is 8.93. The largest absolute Gasteiger partial charge is 0.358 e. The molecule has 4 rings (SSSR count). The van der Waals surface area contributed by atoms with Crippen molar-refractivity contribution in [3.8, 4) is 0 Å². The molecule has 0 atom stereocenters. The summed E-state index contributed by atoms with van der Waals surface area (Å²) in [5, 5.41) is 5.14. The highest BCUT2D eigenvalue weighted by atomic mass is 35.5. The molecule has 5 heteroatoms. The summed E-state index contributed by atoms with van der Waals surface area (Å²) >= 11 is 6.08. The molecule has 1 aromatic heterocycles. The Morgan fingerprint density at radius 2 is 2.09 bits per heavy atom. The fourth-order valence-electron chi connectivity index (χ4n) is 3.88. The van der Waals surface area contributed by atoms with E-state index in [-0.39, 0.29) is 6.03 Å². The third kappa shape index (κ3) is 2.92. The maximum absolute atomic E-state index is 12.6. The van der Waals surface area contributed by atoms with Gasteiger partial charge in [-0.1, -0.05) is 36.9 Å². The number of carbonyl (C=O) groups is 1. The first-order chi connectivity index (χ1) is 11.2. The molecule has 1 saturated carbocycles. The Bertz CT molecular complexity index is 733. The van der Waals surface area contributed by atoms with E-state index in [1.807, 2.05) is 17.0 Å². The maximum atomic E-state index is 12.6. The Morgan fingerprint density at radius 3 is 2.91 bits per heavy atom. The Morgan fingerprint density at radius 1 is 1.26 bits per heavy atom. The monoisotopic (exact) mass is 331 g/mol. The molecule has 0 bridgehead atoms. The molecule has 2 heterocycles. The fraction of sp³-hybridized carbons (Fsp3) is 0.500. The van der Waals surface area contributed by atoms with E-state index in [0.717, 1.165) is 36.3 Å². The Labute approximate surface area is 141 Å². The molecular weight excluding hydrogens is 310 g/mol. The molecular formula is C18H22ClN3O. The van der Waals surface area contributed by atoms with Gasteiger partial charge in [-0.2, -0.15) is 0 Å². The molecule has 2 N–H and O–H groups in total. The number of amides is 2. The summed E-state index contributed by atoms with van der Waals surface area (Å²) in [6.45, 7) is 1.45. The van der Waals surface area contributed by atoms with Crippen LogP contribution in [0, 0.1) is 0 Å². The van der Waals surface area contributed by atoms with Gasteiger partial charge in [-0.3, -0.25) is 0 Å². The molecule has 4 nitrogen and oxygen atoms in total. The van der Waals surface area contributed by atoms with E-state index in [4.69, 9.17) is 11.6 Å². The molecule has 1 aromatic carbocycles. The van der Waals surface area contributed by atoms with Gasteiger partial charge in [-0.25, -0.2) is 4.79 Å². The van der Waals surface area contributed by atoms with Crippen molar-refractivity contribution in [2.45, 2.75) is 51.1 Å². The number of carbonyl (C=O) groups excluding carboxylic acids is 1. The molecule has 0 unspecified atom stereocenters. The third-order valence-corrected chi connectivity index (χ3v) is 5.39. The molecule has 0 radical (unpaired) electrons. The number of benzene rings is 1. The van der Waals surface area contributed by atoms with E-state index in [1.54, 1.807) is 0 Å². The van der Waals surface area contributed by atoms with Gasteiger partial charge in [0.1, 0.15) is 0 Å². The van der Waals surface area contributed by atoms with Gasteiger partial charge in [-0.05, 0) is 25.0 Å². The minimum Gasteiger partial charge on any atom is -0.358 e.